The Morgan fingerprint density at radius 2 is 1.74 bits per heavy atom. The molecule has 0 bridgehead atoms. The third-order valence-corrected chi connectivity index (χ3v) is 3.10. The third-order valence-electron chi connectivity index (χ3n) is 3.10. The van der Waals surface area contributed by atoms with Crippen LogP contribution in [0.15, 0.2) is 18.2 Å². The van der Waals surface area contributed by atoms with E-state index in [0.29, 0.717) is 5.92 Å². The Hall–Kier alpha value is -1.35. The van der Waals surface area contributed by atoms with E-state index in [1.807, 2.05) is 0 Å². The van der Waals surface area contributed by atoms with Gasteiger partial charge in [-0.2, -0.15) is 0 Å². The minimum Gasteiger partial charge on any atom is -0.358 e. The molecule has 0 aromatic heterocycles. The molecule has 0 fully saturated rings. The van der Waals surface area contributed by atoms with Crippen molar-refractivity contribution in [1.29, 1.82) is 0 Å². The fourth-order valence-corrected chi connectivity index (χ4v) is 2.34. The summed E-state index contributed by atoms with van der Waals surface area (Å²) in [5.74, 6) is 0.562. The van der Waals surface area contributed by atoms with Gasteiger partial charge in [-0.3, -0.25) is 4.79 Å². The molecule has 0 spiro atoms. The monoisotopic (exact) mass is 262 g/mol. The Bertz CT molecular complexity index is 407. The quantitative estimate of drug-likeness (QED) is 0.827. The van der Waals surface area contributed by atoms with Gasteiger partial charge in [0.05, 0.1) is 6.04 Å². The summed E-state index contributed by atoms with van der Waals surface area (Å²) in [5.41, 5.74) is 3.75. The summed E-state index contributed by atoms with van der Waals surface area (Å²) in [7, 11) is 1.69. The molecule has 1 amide bonds. The highest BCUT2D eigenvalue weighted by Crippen LogP contribution is 2.10. The molecular weight excluding hydrogens is 236 g/mol. The van der Waals surface area contributed by atoms with E-state index in [1.165, 1.54) is 16.7 Å². The van der Waals surface area contributed by atoms with E-state index in [4.69, 9.17) is 0 Å². The summed E-state index contributed by atoms with van der Waals surface area (Å²) < 4.78 is 0. The van der Waals surface area contributed by atoms with Gasteiger partial charge < -0.3 is 10.6 Å². The molecule has 1 atom stereocenters. The van der Waals surface area contributed by atoms with Crippen LogP contribution in [0.5, 0.6) is 0 Å². The maximum Gasteiger partial charge on any atom is 0.236 e. The largest absolute Gasteiger partial charge is 0.358 e. The molecular formula is C16H26N2O. The average molecular weight is 262 g/mol. The number of carbonyl (C=O) groups excluding carboxylic acids is 1. The van der Waals surface area contributed by atoms with Crippen LogP contribution in [0.2, 0.25) is 0 Å². The molecule has 0 radical (unpaired) electrons. The number of hydrogen-bond acceptors (Lipinski definition) is 2. The number of hydrogen-bond donors (Lipinski definition) is 2. The third kappa shape index (κ3) is 5.43. The summed E-state index contributed by atoms with van der Waals surface area (Å²) in [5, 5.41) is 6.09. The molecule has 1 aromatic carbocycles. The number of benzene rings is 1. The van der Waals surface area contributed by atoms with Gasteiger partial charge in [-0.05, 0) is 31.7 Å². The molecule has 1 aromatic rings. The standard InChI is InChI=1S/C16H26N2O/c1-11(2)6-15(16(19)17-5)18-10-14-8-12(3)7-13(4)9-14/h7-9,11,15,18H,6,10H2,1-5H3,(H,17,19). The van der Waals surface area contributed by atoms with Crippen molar-refractivity contribution >= 4 is 5.91 Å². The zero-order chi connectivity index (χ0) is 14.4. The molecule has 0 saturated carbocycles. The average Bonchev–Trinajstić information content (AvgIpc) is 2.31. The second kappa shape index (κ2) is 7.29. The molecule has 106 valence electrons. The fourth-order valence-electron chi connectivity index (χ4n) is 2.34. The molecule has 0 aliphatic heterocycles. The lowest BCUT2D eigenvalue weighted by Crippen LogP contribution is -2.43. The second-order valence-electron chi connectivity index (χ2n) is 5.67. The van der Waals surface area contributed by atoms with Gasteiger partial charge >= 0.3 is 0 Å². The van der Waals surface area contributed by atoms with Gasteiger partial charge in [-0.15, -0.1) is 0 Å². The van der Waals surface area contributed by atoms with Gasteiger partial charge in [-0.25, -0.2) is 0 Å². The number of rotatable bonds is 6. The van der Waals surface area contributed by atoms with Crippen LogP contribution in [-0.4, -0.2) is 19.0 Å². The van der Waals surface area contributed by atoms with E-state index >= 15 is 0 Å². The Morgan fingerprint density at radius 3 is 2.21 bits per heavy atom. The second-order valence-corrected chi connectivity index (χ2v) is 5.67. The van der Waals surface area contributed by atoms with Crippen LogP contribution in [0.3, 0.4) is 0 Å². The number of carbonyl (C=O) groups is 1. The van der Waals surface area contributed by atoms with Crippen LogP contribution in [-0.2, 0) is 11.3 Å². The van der Waals surface area contributed by atoms with E-state index in [-0.39, 0.29) is 11.9 Å². The van der Waals surface area contributed by atoms with Crippen molar-refractivity contribution in [1.82, 2.24) is 10.6 Å². The Balaban J connectivity index is 2.67. The Kier molecular flexibility index (Phi) is 6.03. The smallest absolute Gasteiger partial charge is 0.236 e. The summed E-state index contributed by atoms with van der Waals surface area (Å²) in [4.78, 5) is 11.8. The molecule has 1 unspecified atom stereocenters. The molecule has 0 heterocycles. The van der Waals surface area contributed by atoms with Crippen LogP contribution in [0, 0.1) is 19.8 Å². The lowest BCUT2D eigenvalue weighted by Gasteiger charge is -2.19. The lowest BCUT2D eigenvalue weighted by molar-refractivity contribution is -0.123. The van der Waals surface area contributed by atoms with Crippen LogP contribution in [0.25, 0.3) is 0 Å². The molecule has 2 N–H and O–H groups in total. The van der Waals surface area contributed by atoms with E-state index in [2.05, 4.69) is 56.5 Å². The number of likely N-dealkylation sites (N-methyl/N-ethyl adjacent to an activating group) is 1. The summed E-state index contributed by atoms with van der Waals surface area (Å²) in [6, 6.07) is 6.37. The van der Waals surface area contributed by atoms with Crippen LogP contribution < -0.4 is 10.6 Å². The number of aryl methyl sites for hydroxylation is 2. The minimum absolute atomic E-state index is 0.0677. The van der Waals surface area contributed by atoms with Crippen molar-refractivity contribution in [3.8, 4) is 0 Å². The highest BCUT2D eigenvalue weighted by molar-refractivity contribution is 5.81. The van der Waals surface area contributed by atoms with E-state index in [0.717, 1.165) is 13.0 Å². The molecule has 3 heteroatoms. The predicted molar refractivity (Wildman–Crippen MR) is 80.1 cm³/mol. The summed E-state index contributed by atoms with van der Waals surface area (Å²) in [6.45, 7) is 9.19. The maximum atomic E-state index is 11.8. The first-order chi connectivity index (χ1) is 8.92. The molecule has 1 rings (SSSR count). The topological polar surface area (TPSA) is 41.1 Å². The van der Waals surface area contributed by atoms with Crippen molar-refractivity contribution in [3.05, 3.63) is 34.9 Å². The van der Waals surface area contributed by atoms with E-state index in [1.54, 1.807) is 7.05 Å². The van der Waals surface area contributed by atoms with Gasteiger partial charge in [0, 0.05) is 13.6 Å². The Morgan fingerprint density at radius 1 is 1.16 bits per heavy atom. The highest BCUT2D eigenvalue weighted by Gasteiger charge is 2.17. The van der Waals surface area contributed by atoms with Crippen molar-refractivity contribution in [2.75, 3.05) is 7.05 Å². The minimum atomic E-state index is -0.120. The first kappa shape index (κ1) is 15.7. The van der Waals surface area contributed by atoms with Crippen molar-refractivity contribution < 1.29 is 4.79 Å². The van der Waals surface area contributed by atoms with Crippen molar-refractivity contribution in [3.63, 3.8) is 0 Å². The predicted octanol–water partition coefficient (Wildman–Crippen LogP) is 2.55. The zero-order valence-electron chi connectivity index (χ0n) is 12.7. The van der Waals surface area contributed by atoms with Crippen molar-refractivity contribution in [2.45, 2.75) is 46.7 Å². The van der Waals surface area contributed by atoms with Gasteiger partial charge in [0.1, 0.15) is 0 Å². The first-order valence-electron chi connectivity index (χ1n) is 6.94. The van der Waals surface area contributed by atoms with E-state index in [9.17, 15) is 4.79 Å². The summed E-state index contributed by atoms with van der Waals surface area (Å²) in [6.07, 6.45) is 0.852. The molecule has 0 aliphatic carbocycles. The summed E-state index contributed by atoms with van der Waals surface area (Å²) >= 11 is 0. The maximum absolute atomic E-state index is 11.8. The first-order valence-corrected chi connectivity index (χ1v) is 6.94. The van der Waals surface area contributed by atoms with Crippen LogP contribution in [0.1, 0.15) is 37.0 Å². The lowest BCUT2D eigenvalue weighted by atomic mass is 10.0. The molecule has 0 aliphatic rings. The van der Waals surface area contributed by atoms with Crippen molar-refractivity contribution in [2.24, 2.45) is 5.92 Å². The van der Waals surface area contributed by atoms with Gasteiger partial charge in [0.25, 0.3) is 0 Å². The SMILES string of the molecule is CNC(=O)C(CC(C)C)NCc1cc(C)cc(C)c1. The van der Waals surface area contributed by atoms with Crippen LogP contribution in [0.4, 0.5) is 0 Å². The Labute approximate surface area is 116 Å². The molecule has 0 saturated heterocycles. The number of nitrogens with one attached hydrogen (secondary N) is 2. The molecule has 19 heavy (non-hydrogen) atoms. The zero-order valence-corrected chi connectivity index (χ0v) is 12.7. The fraction of sp³-hybridized carbons (Fsp3) is 0.562. The molecule has 3 nitrogen and oxygen atoms in total. The highest BCUT2D eigenvalue weighted by atomic mass is 16.2. The van der Waals surface area contributed by atoms with Gasteiger partial charge in [0.15, 0.2) is 0 Å². The number of amides is 1. The normalized spacial score (nSPS) is 12.5. The van der Waals surface area contributed by atoms with Crippen LogP contribution >= 0.6 is 0 Å². The van der Waals surface area contributed by atoms with Gasteiger partial charge in [0.2, 0.25) is 5.91 Å². The van der Waals surface area contributed by atoms with Gasteiger partial charge in [-0.1, -0.05) is 43.2 Å². The van der Waals surface area contributed by atoms with E-state index < -0.39 is 0 Å².